The van der Waals surface area contributed by atoms with Crippen LogP contribution in [0.15, 0.2) is 0 Å². The van der Waals surface area contributed by atoms with Gasteiger partial charge in [-0.15, -0.1) is 0 Å². The Morgan fingerprint density at radius 3 is 2.00 bits per heavy atom. The Balaban J connectivity index is 2.64. The van der Waals surface area contributed by atoms with Crippen LogP contribution in [0.4, 0.5) is 0 Å². The molecule has 3 atom stereocenters. The normalized spacial score (nSPS) is 32.3. The summed E-state index contributed by atoms with van der Waals surface area (Å²) < 4.78 is 5.20. The first-order chi connectivity index (χ1) is 5.88. The second kappa shape index (κ2) is 3.58. The predicted molar refractivity (Wildman–Crippen MR) is 53.3 cm³/mol. The lowest BCUT2D eigenvalue weighted by molar-refractivity contribution is 0.118. The predicted octanol–water partition coefficient (Wildman–Crippen LogP) is 2.41. The molecule has 1 aliphatic rings. The lowest BCUT2D eigenvalue weighted by Gasteiger charge is -2.33. The first-order valence-electron chi connectivity index (χ1n) is 5.21. The van der Waals surface area contributed by atoms with E-state index in [4.69, 9.17) is 4.74 Å². The number of hydrogen-bond acceptors (Lipinski definition) is 2. The molecule has 78 valence electrons. The van der Waals surface area contributed by atoms with Crippen LogP contribution < -0.4 is 0 Å². The first-order valence-corrected chi connectivity index (χ1v) is 5.21. The summed E-state index contributed by atoms with van der Waals surface area (Å²) in [5.74, 6) is 1.21. The molecule has 0 saturated carbocycles. The fraction of sp³-hybridized carbons (Fsp3) is 1.00. The summed E-state index contributed by atoms with van der Waals surface area (Å²) in [4.78, 5) is 0. The van der Waals surface area contributed by atoms with E-state index in [2.05, 4.69) is 34.6 Å². The maximum absolute atomic E-state index is 9.30. The van der Waals surface area contributed by atoms with Gasteiger partial charge in [-0.3, -0.25) is 0 Å². The molecule has 0 aromatic rings. The van der Waals surface area contributed by atoms with E-state index in [1.165, 1.54) is 0 Å². The fourth-order valence-corrected chi connectivity index (χ4v) is 2.15. The van der Waals surface area contributed by atoms with E-state index in [-0.39, 0.29) is 11.5 Å². The highest BCUT2D eigenvalue weighted by Gasteiger charge is 2.52. The van der Waals surface area contributed by atoms with Crippen molar-refractivity contribution in [3.63, 3.8) is 0 Å². The van der Waals surface area contributed by atoms with Crippen LogP contribution in [0.2, 0.25) is 0 Å². The molecule has 2 heteroatoms. The highest BCUT2D eigenvalue weighted by Crippen LogP contribution is 2.46. The van der Waals surface area contributed by atoms with Crippen molar-refractivity contribution < 1.29 is 9.84 Å². The zero-order valence-electron chi connectivity index (χ0n) is 9.37. The molecule has 13 heavy (non-hydrogen) atoms. The summed E-state index contributed by atoms with van der Waals surface area (Å²) in [5.41, 5.74) is 0.133. The Morgan fingerprint density at radius 1 is 1.31 bits per heavy atom. The topological polar surface area (TPSA) is 32.8 Å². The van der Waals surface area contributed by atoms with Gasteiger partial charge in [0.1, 0.15) is 6.10 Å². The van der Waals surface area contributed by atoms with Crippen molar-refractivity contribution in [1.82, 2.24) is 0 Å². The van der Waals surface area contributed by atoms with Crippen molar-refractivity contribution in [2.75, 3.05) is 0 Å². The molecule has 0 aromatic heterocycles. The molecule has 1 fully saturated rings. The van der Waals surface area contributed by atoms with Crippen LogP contribution in [0.25, 0.3) is 0 Å². The van der Waals surface area contributed by atoms with E-state index in [0.29, 0.717) is 11.8 Å². The average molecular weight is 186 g/mol. The Morgan fingerprint density at radius 2 is 1.77 bits per heavy atom. The largest absolute Gasteiger partial charge is 0.366 e. The van der Waals surface area contributed by atoms with Crippen LogP contribution in [-0.2, 0) is 4.74 Å². The SMILES string of the molecule is CC(C)CC(C)(C(C)C)C1OC1O. The minimum atomic E-state index is -0.508. The summed E-state index contributed by atoms with van der Waals surface area (Å²) in [7, 11) is 0. The maximum Gasteiger partial charge on any atom is 0.182 e. The molecule has 0 amide bonds. The van der Waals surface area contributed by atoms with Gasteiger partial charge in [0.2, 0.25) is 0 Å². The van der Waals surface area contributed by atoms with E-state index in [0.717, 1.165) is 6.42 Å². The zero-order valence-corrected chi connectivity index (χ0v) is 9.37. The third-order valence-electron chi connectivity index (χ3n) is 3.29. The number of rotatable bonds is 4. The van der Waals surface area contributed by atoms with Crippen LogP contribution in [0.1, 0.15) is 41.0 Å². The lowest BCUT2D eigenvalue weighted by Crippen LogP contribution is -2.32. The van der Waals surface area contributed by atoms with Gasteiger partial charge in [0, 0.05) is 5.41 Å². The number of aliphatic hydroxyl groups is 1. The molecular weight excluding hydrogens is 164 g/mol. The Labute approximate surface area is 81.3 Å². The van der Waals surface area contributed by atoms with Crippen molar-refractivity contribution in [2.45, 2.75) is 53.4 Å². The van der Waals surface area contributed by atoms with Gasteiger partial charge in [-0.1, -0.05) is 34.6 Å². The smallest absolute Gasteiger partial charge is 0.182 e. The van der Waals surface area contributed by atoms with Gasteiger partial charge in [-0.25, -0.2) is 0 Å². The minimum absolute atomic E-state index is 0.0647. The van der Waals surface area contributed by atoms with E-state index < -0.39 is 6.29 Å². The Bertz CT molecular complexity index is 177. The molecule has 0 aliphatic carbocycles. The fourth-order valence-electron chi connectivity index (χ4n) is 2.15. The molecular formula is C11H22O2. The van der Waals surface area contributed by atoms with Gasteiger partial charge in [0.15, 0.2) is 6.29 Å². The third-order valence-corrected chi connectivity index (χ3v) is 3.29. The molecule has 0 aromatic carbocycles. The van der Waals surface area contributed by atoms with E-state index in [9.17, 15) is 5.11 Å². The minimum Gasteiger partial charge on any atom is -0.366 e. The molecule has 1 aliphatic heterocycles. The number of aliphatic hydroxyl groups excluding tert-OH is 1. The summed E-state index contributed by atoms with van der Waals surface area (Å²) in [6.45, 7) is 11.1. The van der Waals surface area contributed by atoms with Gasteiger partial charge < -0.3 is 9.84 Å². The number of ether oxygens (including phenoxy) is 1. The highest BCUT2D eigenvalue weighted by atomic mass is 16.7. The summed E-state index contributed by atoms with van der Waals surface area (Å²) in [5, 5.41) is 9.30. The van der Waals surface area contributed by atoms with E-state index in [1.807, 2.05) is 0 Å². The second-order valence-corrected chi connectivity index (χ2v) is 5.21. The average Bonchev–Trinajstić information content (AvgIpc) is 2.65. The number of epoxide rings is 1. The second-order valence-electron chi connectivity index (χ2n) is 5.21. The van der Waals surface area contributed by atoms with Crippen molar-refractivity contribution in [1.29, 1.82) is 0 Å². The molecule has 1 heterocycles. The van der Waals surface area contributed by atoms with Gasteiger partial charge >= 0.3 is 0 Å². The quantitative estimate of drug-likeness (QED) is 0.684. The summed E-state index contributed by atoms with van der Waals surface area (Å²) in [6, 6.07) is 0. The van der Waals surface area contributed by atoms with Crippen molar-refractivity contribution in [3.05, 3.63) is 0 Å². The third kappa shape index (κ3) is 2.23. The van der Waals surface area contributed by atoms with E-state index >= 15 is 0 Å². The van der Waals surface area contributed by atoms with Crippen molar-refractivity contribution in [2.24, 2.45) is 17.3 Å². The van der Waals surface area contributed by atoms with Crippen molar-refractivity contribution in [3.8, 4) is 0 Å². The van der Waals surface area contributed by atoms with Crippen LogP contribution in [-0.4, -0.2) is 17.5 Å². The van der Waals surface area contributed by atoms with Crippen LogP contribution in [0.5, 0.6) is 0 Å². The Hall–Kier alpha value is -0.0800. The molecule has 3 unspecified atom stereocenters. The van der Waals surface area contributed by atoms with Crippen LogP contribution >= 0.6 is 0 Å². The zero-order chi connectivity index (χ0) is 10.2. The monoisotopic (exact) mass is 186 g/mol. The van der Waals surface area contributed by atoms with Gasteiger partial charge in [-0.05, 0) is 18.3 Å². The molecule has 1 saturated heterocycles. The number of hydrogen-bond donors (Lipinski definition) is 1. The molecule has 2 nitrogen and oxygen atoms in total. The van der Waals surface area contributed by atoms with Gasteiger partial charge in [-0.2, -0.15) is 0 Å². The molecule has 1 N–H and O–H groups in total. The Kier molecular flexibility index (Phi) is 3.03. The molecule has 0 bridgehead atoms. The first kappa shape index (κ1) is 11.0. The van der Waals surface area contributed by atoms with Crippen LogP contribution in [0, 0.1) is 17.3 Å². The van der Waals surface area contributed by atoms with Gasteiger partial charge in [0.05, 0.1) is 0 Å². The van der Waals surface area contributed by atoms with Crippen molar-refractivity contribution >= 4 is 0 Å². The lowest BCUT2D eigenvalue weighted by atomic mass is 9.71. The maximum atomic E-state index is 9.30. The molecule has 0 spiro atoms. The molecule has 1 rings (SSSR count). The molecule has 0 radical (unpaired) electrons. The summed E-state index contributed by atoms with van der Waals surface area (Å²) in [6.07, 6.45) is 0.674. The van der Waals surface area contributed by atoms with Gasteiger partial charge in [0.25, 0.3) is 0 Å². The standard InChI is InChI=1S/C11H22O2/c1-7(2)6-11(5,8(3)4)9-10(12)13-9/h7-10,12H,6H2,1-5H3. The van der Waals surface area contributed by atoms with E-state index in [1.54, 1.807) is 0 Å². The highest BCUT2D eigenvalue weighted by molar-refractivity contribution is 4.95. The van der Waals surface area contributed by atoms with Crippen LogP contribution in [0.3, 0.4) is 0 Å². The summed E-state index contributed by atoms with van der Waals surface area (Å²) >= 11 is 0.